The molecule has 0 amide bonds. The zero-order valence-corrected chi connectivity index (χ0v) is 11.2. The fourth-order valence-electron chi connectivity index (χ4n) is 2.16. The van der Waals surface area contributed by atoms with Crippen molar-refractivity contribution >= 4 is 10.9 Å². The molecule has 100 valence electrons. The summed E-state index contributed by atoms with van der Waals surface area (Å²) in [6.45, 7) is 2.02. The van der Waals surface area contributed by atoms with Gasteiger partial charge in [-0.15, -0.1) is 0 Å². The summed E-state index contributed by atoms with van der Waals surface area (Å²) in [4.78, 5) is 15.3. The summed E-state index contributed by atoms with van der Waals surface area (Å²) in [5, 5.41) is 0.649. The largest absolute Gasteiger partial charge is 0.457 e. The van der Waals surface area contributed by atoms with Crippen molar-refractivity contribution in [2.45, 2.75) is 13.3 Å². The molecule has 2 aromatic carbocycles. The van der Waals surface area contributed by atoms with Gasteiger partial charge in [-0.3, -0.25) is 4.79 Å². The molecule has 0 bridgehead atoms. The van der Waals surface area contributed by atoms with Crippen molar-refractivity contribution in [2.24, 2.45) is 0 Å². The predicted molar refractivity (Wildman–Crippen MR) is 80.5 cm³/mol. The molecule has 1 heterocycles. The number of H-pyrrole nitrogens is 1. The lowest BCUT2D eigenvalue weighted by Gasteiger charge is -2.07. The van der Waals surface area contributed by atoms with Gasteiger partial charge in [-0.2, -0.15) is 0 Å². The SMILES string of the molecule is CCc1cc(=O)c2cc(Oc3ccccc3)ccc2[nH]1. The highest BCUT2D eigenvalue weighted by molar-refractivity contribution is 5.80. The normalized spacial score (nSPS) is 10.7. The van der Waals surface area contributed by atoms with Crippen LogP contribution in [0.2, 0.25) is 0 Å². The molecule has 0 spiro atoms. The van der Waals surface area contributed by atoms with Crippen molar-refractivity contribution in [3.63, 3.8) is 0 Å². The standard InChI is InChI=1S/C17H15NO2/c1-2-12-10-17(19)15-11-14(8-9-16(15)18-12)20-13-6-4-3-5-7-13/h3-11H,2H2,1H3,(H,18,19). The van der Waals surface area contributed by atoms with E-state index < -0.39 is 0 Å². The summed E-state index contributed by atoms with van der Waals surface area (Å²) in [6, 6.07) is 16.7. The summed E-state index contributed by atoms with van der Waals surface area (Å²) in [7, 11) is 0. The highest BCUT2D eigenvalue weighted by atomic mass is 16.5. The molecule has 0 aliphatic rings. The average Bonchev–Trinajstić information content (AvgIpc) is 2.48. The monoisotopic (exact) mass is 265 g/mol. The Hall–Kier alpha value is -2.55. The van der Waals surface area contributed by atoms with Crippen LogP contribution in [0.5, 0.6) is 11.5 Å². The summed E-state index contributed by atoms with van der Waals surface area (Å²) in [6.07, 6.45) is 0.813. The van der Waals surface area contributed by atoms with Gasteiger partial charge in [0.2, 0.25) is 0 Å². The molecule has 3 aromatic rings. The summed E-state index contributed by atoms with van der Waals surface area (Å²) in [5.74, 6) is 1.42. The minimum Gasteiger partial charge on any atom is -0.457 e. The number of fused-ring (bicyclic) bond motifs is 1. The maximum Gasteiger partial charge on any atom is 0.189 e. The van der Waals surface area contributed by atoms with Gasteiger partial charge in [-0.1, -0.05) is 25.1 Å². The van der Waals surface area contributed by atoms with Crippen molar-refractivity contribution in [2.75, 3.05) is 0 Å². The molecule has 3 heteroatoms. The zero-order valence-electron chi connectivity index (χ0n) is 11.2. The van der Waals surface area contributed by atoms with Gasteiger partial charge >= 0.3 is 0 Å². The third-order valence-corrected chi connectivity index (χ3v) is 3.22. The molecule has 1 N–H and O–H groups in total. The second-order valence-corrected chi connectivity index (χ2v) is 4.63. The van der Waals surface area contributed by atoms with E-state index in [0.717, 1.165) is 23.4 Å². The van der Waals surface area contributed by atoms with E-state index >= 15 is 0 Å². The number of pyridine rings is 1. The number of aryl methyl sites for hydroxylation is 1. The van der Waals surface area contributed by atoms with E-state index in [1.165, 1.54) is 0 Å². The van der Waals surface area contributed by atoms with Crippen LogP contribution < -0.4 is 10.2 Å². The van der Waals surface area contributed by atoms with Crippen molar-refractivity contribution in [3.8, 4) is 11.5 Å². The molecule has 0 atom stereocenters. The highest BCUT2D eigenvalue weighted by Gasteiger charge is 2.04. The number of ether oxygens (including phenoxy) is 1. The fraction of sp³-hybridized carbons (Fsp3) is 0.118. The number of benzene rings is 2. The van der Waals surface area contributed by atoms with Gasteiger partial charge in [-0.25, -0.2) is 0 Å². The molecule has 0 saturated heterocycles. The van der Waals surface area contributed by atoms with Crippen LogP contribution in [0.15, 0.2) is 59.4 Å². The van der Waals surface area contributed by atoms with Crippen LogP contribution in [0.1, 0.15) is 12.6 Å². The van der Waals surface area contributed by atoms with Gasteiger partial charge in [0.05, 0.1) is 0 Å². The van der Waals surface area contributed by atoms with Crippen molar-refractivity contribution in [1.29, 1.82) is 0 Å². The van der Waals surface area contributed by atoms with E-state index in [9.17, 15) is 4.79 Å². The summed E-state index contributed by atoms with van der Waals surface area (Å²) >= 11 is 0. The third kappa shape index (κ3) is 2.43. The molecule has 0 unspecified atom stereocenters. The van der Waals surface area contributed by atoms with Gasteiger partial charge in [-0.05, 0) is 36.8 Å². The Labute approximate surface area is 116 Å². The van der Waals surface area contributed by atoms with E-state index in [-0.39, 0.29) is 5.43 Å². The quantitative estimate of drug-likeness (QED) is 0.780. The summed E-state index contributed by atoms with van der Waals surface area (Å²) < 4.78 is 5.75. The second-order valence-electron chi connectivity index (χ2n) is 4.63. The molecular formula is C17H15NO2. The van der Waals surface area contributed by atoms with Crippen LogP contribution in [0.25, 0.3) is 10.9 Å². The highest BCUT2D eigenvalue weighted by Crippen LogP contribution is 2.23. The van der Waals surface area contributed by atoms with E-state index in [2.05, 4.69) is 4.98 Å². The maximum atomic E-state index is 12.1. The lowest BCUT2D eigenvalue weighted by molar-refractivity contribution is 0.483. The minimum absolute atomic E-state index is 0.0223. The molecule has 3 nitrogen and oxygen atoms in total. The Morgan fingerprint density at radius 2 is 1.80 bits per heavy atom. The van der Waals surface area contributed by atoms with Crippen molar-refractivity contribution in [3.05, 3.63) is 70.5 Å². The number of nitrogens with one attached hydrogen (secondary N) is 1. The number of aromatic nitrogens is 1. The van der Waals surface area contributed by atoms with Crippen molar-refractivity contribution in [1.82, 2.24) is 4.98 Å². The van der Waals surface area contributed by atoms with E-state index in [4.69, 9.17) is 4.74 Å². The van der Waals surface area contributed by atoms with E-state index in [1.54, 1.807) is 12.1 Å². The third-order valence-electron chi connectivity index (χ3n) is 3.22. The Morgan fingerprint density at radius 3 is 2.55 bits per heavy atom. The lowest BCUT2D eigenvalue weighted by Crippen LogP contribution is -2.04. The number of para-hydroxylation sites is 1. The molecule has 20 heavy (non-hydrogen) atoms. The molecule has 0 fully saturated rings. The van der Waals surface area contributed by atoms with E-state index in [0.29, 0.717) is 11.1 Å². The maximum absolute atomic E-state index is 12.1. The van der Waals surface area contributed by atoms with Crippen LogP contribution in [0.3, 0.4) is 0 Å². The molecule has 3 rings (SSSR count). The molecule has 0 aliphatic carbocycles. The predicted octanol–water partition coefficient (Wildman–Crippen LogP) is 3.88. The smallest absolute Gasteiger partial charge is 0.189 e. The van der Waals surface area contributed by atoms with Gasteiger partial charge in [0.15, 0.2) is 5.43 Å². The van der Waals surface area contributed by atoms with Crippen LogP contribution >= 0.6 is 0 Å². The lowest BCUT2D eigenvalue weighted by atomic mass is 10.1. The van der Waals surface area contributed by atoms with Gasteiger partial charge < -0.3 is 9.72 Å². The summed E-state index contributed by atoms with van der Waals surface area (Å²) in [5.41, 5.74) is 1.81. The molecule has 0 aliphatic heterocycles. The Morgan fingerprint density at radius 1 is 1.00 bits per heavy atom. The van der Waals surface area contributed by atoms with Crippen LogP contribution in [-0.4, -0.2) is 4.98 Å². The molecule has 0 saturated carbocycles. The Kier molecular flexibility index (Phi) is 3.25. The topological polar surface area (TPSA) is 42.1 Å². The molecule has 0 radical (unpaired) electrons. The van der Waals surface area contributed by atoms with Gasteiger partial charge in [0.25, 0.3) is 0 Å². The fourth-order valence-corrected chi connectivity index (χ4v) is 2.16. The molecule has 1 aromatic heterocycles. The molecular weight excluding hydrogens is 250 g/mol. The number of aromatic amines is 1. The minimum atomic E-state index is 0.0223. The van der Waals surface area contributed by atoms with Crippen LogP contribution in [0.4, 0.5) is 0 Å². The van der Waals surface area contributed by atoms with E-state index in [1.807, 2.05) is 49.4 Å². The van der Waals surface area contributed by atoms with Crippen LogP contribution in [0, 0.1) is 0 Å². The first-order valence-corrected chi connectivity index (χ1v) is 6.65. The van der Waals surface area contributed by atoms with Gasteiger partial charge in [0.1, 0.15) is 11.5 Å². The Bertz CT molecular complexity index is 791. The first kappa shape index (κ1) is 12.5. The second kappa shape index (κ2) is 5.21. The average molecular weight is 265 g/mol. The zero-order chi connectivity index (χ0) is 13.9. The van der Waals surface area contributed by atoms with Crippen LogP contribution in [-0.2, 0) is 6.42 Å². The number of hydrogen-bond acceptors (Lipinski definition) is 2. The van der Waals surface area contributed by atoms with Crippen molar-refractivity contribution < 1.29 is 4.74 Å². The van der Waals surface area contributed by atoms with Gasteiger partial charge in [0, 0.05) is 22.7 Å². The first-order chi connectivity index (χ1) is 9.76. The first-order valence-electron chi connectivity index (χ1n) is 6.65. The number of hydrogen-bond donors (Lipinski definition) is 1. The number of rotatable bonds is 3. The Balaban J connectivity index is 2.03.